The number of hydrazine groups is 1. The molecule has 1 heterocycles. The first-order valence-corrected chi connectivity index (χ1v) is 5.57. The Kier molecular flexibility index (Phi) is 3.46. The number of piperidine rings is 1. The molecule has 0 radical (unpaired) electrons. The maximum Gasteiger partial charge on any atom is 0.0566 e. The van der Waals surface area contributed by atoms with Crippen molar-refractivity contribution in [2.24, 2.45) is 0 Å². The van der Waals surface area contributed by atoms with Crippen molar-refractivity contribution in [2.45, 2.75) is 18.9 Å². The molecule has 0 aromatic heterocycles. The predicted octanol–water partition coefficient (Wildman–Crippen LogP) is 2.12. The van der Waals surface area contributed by atoms with Gasteiger partial charge in [0.1, 0.15) is 0 Å². The smallest absolute Gasteiger partial charge is 0.0566 e. The van der Waals surface area contributed by atoms with E-state index in [4.69, 9.17) is 11.6 Å². The van der Waals surface area contributed by atoms with Gasteiger partial charge in [0, 0.05) is 18.1 Å². The van der Waals surface area contributed by atoms with Crippen LogP contribution in [0.5, 0.6) is 0 Å². The van der Waals surface area contributed by atoms with E-state index in [0.717, 1.165) is 36.6 Å². The summed E-state index contributed by atoms with van der Waals surface area (Å²) in [5.41, 5.74) is 4.28. The maximum absolute atomic E-state index is 9.36. The van der Waals surface area contributed by atoms with Crippen LogP contribution in [-0.2, 0) is 0 Å². The van der Waals surface area contributed by atoms with E-state index in [2.05, 4.69) is 10.4 Å². The Morgan fingerprint density at radius 3 is 2.73 bits per heavy atom. The molecule has 0 amide bonds. The lowest BCUT2D eigenvalue weighted by atomic mass is 10.1. The van der Waals surface area contributed by atoms with E-state index in [-0.39, 0.29) is 6.10 Å². The molecule has 82 valence electrons. The third-order valence-corrected chi connectivity index (χ3v) is 2.81. The summed E-state index contributed by atoms with van der Waals surface area (Å²) in [7, 11) is 0. The first-order chi connectivity index (χ1) is 7.24. The number of aliphatic hydroxyl groups is 1. The summed E-state index contributed by atoms with van der Waals surface area (Å²) in [4.78, 5) is 0. The summed E-state index contributed by atoms with van der Waals surface area (Å²) in [6.45, 7) is 1.74. The highest BCUT2D eigenvalue weighted by Gasteiger charge is 2.16. The molecular formula is C11H15ClN2O. The quantitative estimate of drug-likeness (QED) is 0.811. The largest absolute Gasteiger partial charge is 0.393 e. The molecule has 0 spiro atoms. The van der Waals surface area contributed by atoms with E-state index in [0.29, 0.717) is 0 Å². The van der Waals surface area contributed by atoms with Crippen molar-refractivity contribution in [3.63, 3.8) is 0 Å². The zero-order valence-corrected chi connectivity index (χ0v) is 9.24. The number of rotatable bonds is 2. The zero-order chi connectivity index (χ0) is 10.7. The van der Waals surface area contributed by atoms with Gasteiger partial charge < -0.3 is 10.5 Å². The maximum atomic E-state index is 9.36. The lowest BCUT2D eigenvalue weighted by Crippen LogP contribution is -2.39. The van der Waals surface area contributed by atoms with Crippen LogP contribution in [0.3, 0.4) is 0 Å². The minimum absolute atomic E-state index is 0.137. The molecule has 2 N–H and O–H groups in total. The highest BCUT2D eigenvalue weighted by atomic mass is 35.5. The average Bonchev–Trinajstić information content (AvgIpc) is 2.22. The van der Waals surface area contributed by atoms with E-state index in [9.17, 15) is 5.11 Å². The van der Waals surface area contributed by atoms with Crippen molar-refractivity contribution in [3.05, 3.63) is 29.3 Å². The van der Waals surface area contributed by atoms with Crippen LogP contribution in [0.2, 0.25) is 5.02 Å². The van der Waals surface area contributed by atoms with Crippen LogP contribution < -0.4 is 5.43 Å². The summed E-state index contributed by atoms with van der Waals surface area (Å²) in [6, 6.07) is 7.65. The molecule has 1 fully saturated rings. The van der Waals surface area contributed by atoms with Crippen molar-refractivity contribution in [2.75, 3.05) is 18.5 Å². The molecule has 0 aliphatic carbocycles. The molecule has 0 bridgehead atoms. The summed E-state index contributed by atoms with van der Waals surface area (Å²) in [5.74, 6) is 0. The second-order valence-electron chi connectivity index (χ2n) is 3.84. The molecule has 1 aromatic rings. The fourth-order valence-electron chi connectivity index (χ4n) is 1.72. The Balaban J connectivity index is 1.92. The number of nitrogens with zero attached hydrogens (tertiary/aromatic N) is 1. The van der Waals surface area contributed by atoms with Gasteiger partial charge in [-0.05, 0) is 31.0 Å². The van der Waals surface area contributed by atoms with Crippen molar-refractivity contribution >= 4 is 17.3 Å². The first-order valence-electron chi connectivity index (χ1n) is 5.19. The van der Waals surface area contributed by atoms with Crippen LogP contribution in [0.1, 0.15) is 12.8 Å². The molecule has 4 heteroatoms. The number of nitrogens with one attached hydrogen (secondary N) is 1. The van der Waals surface area contributed by atoms with Gasteiger partial charge in [0.05, 0.1) is 11.8 Å². The third kappa shape index (κ3) is 3.09. The van der Waals surface area contributed by atoms with Gasteiger partial charge in [-0.15, -0.1) is 0 Å². The van der Waals surface area contributed by atoms with Crippen molar-refractivity contribution in [1.29, 1.82) is 0 Å². The van der Waals surface area contributed by atoms with Crippen molar-refractivity contribution in [3.8, 4) is 0 Å². The Hall–Kier alpha value is -0.770. The average molecular weight is 227 g/mol. The first kappa shape index (κ1) is 10.7. The molecule has 3 nitrogen and oxygen atoms in total. The number of aliphatic hydroxyl groups excluding tert-OH is 1. The van der Waals surface area contributed by atoms with Gasteiger partial charge in [0.25, 0.3) is 0 Å². The lowest BCUT2D eigenvalue weighted by molar-refractivity contribution is 0.0937. The minimum Gasteiger partial charge on any atom is -0.393 e. The van der Waals surface area contributed by atoms with Gasteiger partial charge in [-0.3, -0.25) is 0 Å². The summed E-state index contributed by atoms with van der Waals surface area (Å²) >= 11 is 5.89. The van der Waals surface area contributed by atoms with Gasteiger partial charge in [-0.2, -0.15) is 0 Å². The Labute approximate surface area is 94.6 Å². The number of anilines is 1. The number of hydrogen-bond donors (Lipinski definition) is 2. The number of halogens is 1. The van der Waals surface area contributed by atoms with Gasteiger partial charge in [-0.25, -0.2) is 5.01 Å². The molecule has 0 atom stereocenters. The standard InChI is InChI=1S/C11H15ClN2O/c12-9-2-1-3-10(8-9)13-14-6-4-11(15)5-7-14/h1-3,8,11,13,15H,4-7H2. The SMILES string of the molecule is OC1CCN(Nc2cccc(Cl)c2)CC1. The highest BCUT2D eigenvalue weighted by Crippen LogP contribution is 2.17. The zero-order valence-electron chi connectivity index (χ0n) is 8.49. The summed E-state index contributed by atoms with van der Waals surface area (Å²) in [5, 5.41) is 12.2. The molecule has 1 aromatic carbocycles. The fourth-order valence-corrected chi connectivity index (χ4v) is 1.91. The van der Waals surface area contributed by atoms with Gasteiger partial charge >= 0.3 is 0 Å². The molecule has 1 aliphatic heterocycles. The normalized spacial score (nSPS) is 19.1. The van der Waals surface area contributed by atoms with Gasteiger partial charge in [0.15, 0.2) is 0 Å². The highest BCUT2D eigenvalue weighted by molar-refractivity contribution is 6.30. The monoisotopic (exact) mass is 226 g/mol. The van der Waals surface area contributed by atoms with Gasteiger partial charge in [-0.1, -0.05) is 17.7 Å². The minimum atomic E-state index is -0.137. The molecule has 1 aliphatic rings. The molecule has 0 saturated carbocycles. The van der Waals surface area contributed by atoms with Crippen LogP contribution in [0.25, 0.3) is 0 Å². The summed E-state index contributed by atoms with van der Waals surface area (Å²) < 4.78 is 0. The van der Waals surface area contributed by atoms with Crippen LogP contribution in [0, 0.1) is 0 Å². The molecule has 2 rings (SSSR count). The molecule has 1 saturated heterocycles. The molecule has 0 unspecified atom stereocenters. The van der Waals surface area contributed by atoms with Crippen LogP contribution in [-0.4, -0.2) is 29.3 Å². The van der Waals surface area contributed by atoms with Crippen LogP contribution >= 0.6 is 11.6 Å². The third-order valence-electron chi connectivity index (χ3n) is 2.58. The predicted molar refractivity (Wildman–Crippen MR) is 61.9 cm³/mol. The van der Waals surface area contributed by atoms with Gasteiger partial charge in [0.2, 0.25) is 0 Å². The Morgan fingerprint density at radius 2 is 2.07 bits per heavy atom. The summed E-state index contributed by atoms with van der Waals surface area (Å²) in [6.07, 6.45) is 1.52. The topological polar surface area (TPSA) is 35.5 Å². The van der Waals surface area contributed by atoms with E-state index in [1.54, 1.807) is 0 Å². The van der Waals surface area contributed by atoms with Crippen molar-refractivity contribution in [1.82, 2.24) is 5.01 Å². The molecule has 15 heavy (non-hydrogen) atoms. The second kappa shape index (κ2) is 4.84. The van der Waals surface area contributed by atoms with Crippen LogP contribution in [0.4, 0.5) is 5.69 Å². The molecular weight excluding hydrogens is 212 g/mol. The lowest BCUT2D eigenvalue weighted by Gasteiger charge is -2.30. The Morgan fingerprint density at radius 1 is 1.33 bits per heavy atom. The number of hydrogen-bond acceptors (Lipinski definition) is 3. The van der Waals surface area contributed by atoms with E-state index >= 15 is 0 Å². The fraction of sp³-hybridized carbons (Fsp3) is 0.455. The second-order valence-corrected chi connectivity index (χ2v) is 4.28. The van der Waals surface area contributed by atoms with E-state index in [1.807, 2.05) is 24.3 Å². The van der Waals surface area contributed by atoms with E-state index < -0.39 is 0 Å². The van der Waals surface area contributed by atoms with Crippen LogP contribution in [0.15, 0.2) is 24.3 Å². The number of benzene rings is 1. The van der Waals surface area contributed by atoms with Crippen molar-refractivity contribution < 1.29 is 5.11 Å². The van der Waals surface area contributed by atoms with E-state index in [1.165, 1.54) is 0 Å². The Bertz CT molecular complexity index is 324.